The summed E-state index contributed by atoms with van der Waals surface area (Å²) in [5.41, 5.74) is 2.72. The average molecular weight is 289 g/mol. The van der Waals surface area contributed by atoms with Gasteiger partial charge in [0.1, 0.15) is 0 Å². The number of hydrogen-bond acceptors (Lipinski definition) is 1. The average Bonchev–Trinajstić information content (AvgIpc) is 2.13. The molecule has 0 saturated heterocycles. The number of aryl methyl sites for hydroxylation is 1. The topological polar surface area (TPSA) is 12.0 Å². The maximum atomic E-state index is 3.43. The van der Waals surface area contributed by atoms with E-state index in [1.165, 1.54) is 22.0 Å². The summed E-state index contributed by atoms with van der Waals surface area (Å²) in [6, 6.07) is 8.65. The van der Waals surface area contributed by atoms with Crippen molar-refractivity contribution >= 4 is 22.6 Å². The molecule has 1 rings (SSSR count). The van der Waals surface area contributed by atoms with Gasteiger partial charge in [-0.1, -0.05) is 52.4 Å². The Kier molecular flexibility index (Phi) is 5.39. The molecule has 1 N–H and O–H groups in total. The molecule has 2 heteroatoms. The van der Waals surface area contributed by atoms with Crippen LogP contribution < -0.4 is 5.32 Å². The lowest BCUT2D eigenvalue weighted by Crippen LogP contribution is -2.14. The Morgan fingerprint density at radius 2 is 2.23 bits per heavy atom. The van der Waals surface area contributed by atoms with Crippen LogP contribution in [0.25, 0.3) is 0 Å². The zero-order valence-electron chi connectivity index (χ0n) is 8.02. The molecule has 0 aliphatic carbocycles. The summed E-state index contributed by atoms with van der Waals surface area (Å²) < 4.78 is 1.23. The number of nitrogens with one attached hydrogen (secondary N) is 1. The van der Waals surface area contributed by atoms with Crippen molar-refractivity contribution in [3.8, 4) is 0 Å². The van der Waals surface area contributed by atoms with E-state index in [4.69, 9.17) is 0 Å². The van der Waals surface area contributed by atoms with E-state index in [1.54, 1.807) is 0 Å². The highest BCUT2D eigenvalue weighted by Crippen LogP contribution is 2.03. The number of hydrogen-bond donors (Lipinski definition) is 1. The van der Waals surface area contributed by atoms with Crippen LogP contribution in [0.2, 0.25) is 0 Å². The molecule has 0 saturated carbocycles. The molecular formula is C11H16IN. The van der Waals surface area contributed by atoms with E-state index in [1.807, 2.05) is 0 Å². The van der Waals surface area contributed by atoms with Gasteiger partial charge in [-0.15, -0.1) is 0 Å². The summed E-state index contributed by atoms with van der Waals surface area (Å²) in [4.78, 5) is 0. The van der Waals surface area contributed by atoms with Gasteiger partial charge in [0.05, 0.1) is 0 Å². The molecule has 0 heterocycles. The molecule has 0 atom stereocenters. The summed E-state index contributed by atoms with van der Waals surface area (Å²) in [7, 11) is 0. The number of alkyl halides is 1. The predicted molar refractivity (Wildman–Crippen MR) is 66.4 cm³/mol. The fourth-order valence-electron chi connectivity index (χ4n) is 1.25. The first-order chi connectivity index (χ1) is 6.33. The van der Waals surface area contributed by atoms with E-state index < -0.39 is 0 Å². The third-order valence-corrected chi connectivity index (χ3v) is 2.66. The Hall–Kier alpha value is -0.0900. The van der Waals surface area contributed by atoms with Gasteiger partial charge in [-0.2, -0.15) is 0 Å². The molecule has 1 aromatic carbocycles. The summed E-state index contributed by atoms with van der Waals surface area (Å²) >= 11 is 2.41. The lowest BCUT2D eigenvalue weighted by Gasteiger charge is -2.04. The third-order valence-electron chi connectivity index (χ3n) is 1.90. The quantitative estimate of drug-likeness (QED) is 0.499. The highest BCUT2D eigenvalue weighted by molar-refractivity contribution is 14.1. The highest BCUT2D eigenvalue weighted by atomic mass is 127. The second kappa shape index (κ2) is 6.38. The maximum Gasteiger partial charge on any atom is 0.0205 e. The van der Waals surface area contributed by atoms with Crippen LogP contribution in [-0.2, 0) is 6.54 Å². The van der Waals surface area contributed by atoms with Gasteiger partial charge in [-0.05, 0) is 25.5 Å². The fourth-order valence-corrected chi connectivity index (χ4v) is 1.63. The van der Waals surface area contributed by atoms with Gasteiger partial charge in [0.15, 0.2) is 0 Å². The first kappa shape index (κ1) is 11.0. The Balaban J connectivity index is 2.28. The highest BCUT2D eigenvalue weighted by Gasteiger charge is 1.91. The third kappa shape index (κ3) is 4.62. The van der Waals surface area contributed by atoms with Crippen LogP contribution >= 0.6 is 22.6 Å². The zero-order valence-corrected chi connectivity index (χ0v) is 10.2. The summed E-state index contributed by atoms with van der Waals surface area (Å²) in [5.74, 6) is 0. The van der Waals surface area contributed by atoms with Crippen molar-refractivity contribution in [2.45, 2.75) is 19.9 Å². The molecule has 13 heavy (non-hydrogen) atoms. The van der Waals surface area contributed by atoms with Crippen LogP contribution in [0, 0.1) is 6.92 Å². The van der Waals surface area contributed by atoms with Crippen LogP contribution in [0.5, 0.6) is 0 Å². The molecule has 0 unspecified atom stereocenters. The Morgan fingerprint density at radius 3 is 2.92 bits per heavy atom. The smallest absolute Gasteiger partial charge is 0.0205 e. The molecule has 0 aliphatic rings. The predicted octanol–water partition coefficient (Wildman–Crippen LogP) is 2.91. The SMILES string of the molecule is Cc1cccc(CNCCCI)c1. The molecule has 72 valence electrons. The van der Waals surface area contributed by atoms with E-state index >= 15 is 0 Å². The fraction of sp³-hybridized carbons (Fsp3) is 0.455. The Bertz CT molecular complexity index is 248. The normalized spacial score (nSPS) is 10.3. The minimum atomic E-state index is 0.998. The molecule has 0 fully saturated rings. The molecular weight excluding hydrogens is 273 g/mol. The monoisotopic (exact) mass is 289 g/mol. The van der Waals surface area contributed by atoms with Crippen LogP contribution in [-0.4, -0.2) is 11.0 Å². The molecule has 1 nitrogen and oxygen atoms in total. The van der Waals surface area contributed by atoms with Gasteiger partial charge in [0.25, 0.3) is 0 Å². The molecule has 0 spiro atoms. The van der Waals surface area contributed by atoms with Gasteiger partial charge in [-0.25, -0.2) is 0 Å². The van der Waals surface area contributed by atoms with Crippen molar-refractivity contribution in [2.24, 2.45) is 0 Å². The lowest BCUT2D eigenvalue weighted by atomic mass is 10.1. The van der Waals surface area contributed by atoms with Gasteiger partial charge in [0.2, 0.25) is 0 Å². The first-order valence-electron chi connectivity index (χ1n) is 4.65. The molecule has 0 bridgehead atoms. The Morgan fingerprint density at radius 1 is 1.38 bits per heavy atom. The van der Waals surface area contributed by atoms with Crippen molar-refractivity contribution in [2.75, 3.05) is 11.0 Å². The molecule has 0 radical (unpaired) electrons. The Labute approximate surface area is 94.1 Å². The number of benzene rings is 1. The minimum absolute atomic E-state index is 0.998. The summed E-state index contributed by atoms with van der Waals surface area (Å²) in [6.45, 7) is 4.25. The van der Waals surface area contributed by atoms with Crippen LogP contribution in [0.4, 0.5) is 0 Å². The van der Waals surface area contributed by atoms with E-state index in [0.29, 0.717) is 0 Å². The largest absolute Gasteiger partial charge is 0.313 e. The first-order valence-corrected chi connectivity index (χ1v) is 6.17. The number of halogens is 1. The van der Waals surface area contributed by atoms with Crippen molar-refractivity contribution in [3.63, 3.8) is 0 Å². The standard InChI is InChI=1S/C11H16IN/c1-10-4-2-5-11(8-10)9-13-7-3-6-12/h2,4-5,8,13H,3,6-7,9H2,1H3. The van der Waals surface area contributed by atoms with E-state index in [-0.39, 0.29) is 0 Å². The van der Waals surface area contributed by atoms with Gasteiger partial charge in [0, 0.05) is 11.0 Å². The van der Waals surface area contributed by atoms with Crippen molar-refractivity contribution < 1.29 is 0 Å². The zero-order chi connectivity index (χ0) is 9.52. The van der Waals surface area contributed by atoms with E-state index in [0.717, 1.165) is 13.1 Å². The van der Waals surface area contributed by atoms with Crippen LogP contribution in [0.15, 0.2) is 24.3 Å². The lowest BCUT2D eigenvalue weighted by molar-refractivity contribution is 0.681. The van der Waals surface area contributed by atoms with E-state index in [9.17, 15) is 0 Å². The summed E-state index contributed by atoms with van der Waals surface area (Å²) in [6.07, 6.45) is 1.26. The van der Waals surface area contributed by atoms with Gasteiger partial charge >= 0.3 is 0 Å². The van der Waals surface area contributed by atoms with Crippen molar-refractivity contribution in [1.82, 2.24) is 5.32 Å². The molecule has 0 aromatic heterocycles. The van der Waals surface area contributed by atoms with E-state index in [2.05, 4.69) is 59.1 Å². The van der Waals surface area contributed by atoms with Crippen molar-refractivity contribution in [3.05, 3.63) is 35.4 Å². The summed E-state index contributed by atoms with van der Waals surface area (Å²) in [5, 5.41) is 3.43. The molecule has 0 amide bonds. The van der Waals surface area contributed by atoms with Crippen LogP contribution in [0.1, 0.15) is 17.5 Å². The van der Waals surface area contributed by atoms with Crippen molar-refractivity contribution in [1.29, 1.82) is 0 Å². The van der Waals surface area contributed by atoms with Crippen LogP contribution in [0.3, 0.4) is 0 Å². The van der Waals surface area contributed by atoms with Gasteiger partial charge < -0.3 is 5.32 Å². The number of rotatable bonds is 5. The molecule has 1 aromatic rings. The molecule has 0 aliphatic heterocycles. The second-order valence-electron chi connectivity index (χ2n) is 3.21. The minimum Gasteiger partial charge on any atom is -0.313 e. The maximum absolute atomic E-state index is 3.43. The second-order valence-corrected chi connectivity index (χ2v) is 4.29. The van der Waals surface area contributed by atoms with Gasteiger partial charge in [-0.3, -0.25) is 0 Å².